The fourth-order valence-electron chi connectivity index (χ4n) is 2.17. The van der Waals surface area contributed by atoms with Gasteiger partial charge in [0.05, 0.1) is 13.2 Å². The molecular weight excluding hydrogens is 409 g/mol. The van der Waals surface area contributed by atoms with Crippen molar-refractivity contribution < 1.29 is 14.3 Å². The summed E-state index contributed by atoms with van der Waals surface area (Å²) in [5, 5.41) is 2.61. The number of alkyl halides is 3. The second-order valence-electron chi connectivity index (χ2n) is 5.60. The predicted octanol–water partition coefficient (Wildman–Crippen LogP) is 5.27. The summed E-state index contributed by atoms with van der Waals surface area (Å²) in [4.78, 5) is 12.2. The van der Waals surface area contributed by atoms with Crippen LogP contribution in [0.3, 0.4) is 0 Å². The molecule has 0 fully saturated rings. The van der Waals surface area contributed by atoms with Crippen LogP contribution in [-0.4, -0.2) is 23.0 Å². The average Bonchev–Trinajstić information content (AvgIpc) is 2.64. The quantitative estimate of drug-likeness (QED) is 0.535. The van der Waals surface area contributed by atoms with Crippen LogP contribution in [0.4, 0.5) is 4.79 Å². The number of alkyl carbamates (subject to hydrolysis) is 1. The van der Waals surface area contributed by atoms with Crippen LogP contribution in [-0.2, 0) is 4.74 Å². The highest BCUT2D eigenvalue weighted by Gasteiger charge is 2.37. The van der Waals surface area contributed by atoms with Crippen LogP contribution in [0.2, 0.25) is 0 Å². The molecule has 0 unspecified atom stereocenters. The zero-order valence-electron chi connectivity index (χ0n) is 14.7. The van der Waals surface area contributed by atoms with Gasteiger partial charge in [0.1, 0.15) is 5.75 Å². The molecule has 0 saturated heterocycles. The van der Waals surface area contributed by atoms with Crippen molar-refractivity contribution in [2.75, 3.05) is 7.11 Å². The molecule has 0 spiro atoms. The summed E-state index contributed by atoms with van der Waals surface area (Å²) in [7, 11) is 1.60. The smallest absolute Gasteiger partial charge is 0.408 e. The van der Waals surface area contributed by atoms with Crippen molar-refractivity contribution in [1.29, 1.82) is 0 Å². The molecule has 0 saturated carbocycles. The molecule has 27 heavy (non-hydrogen) atoms. The number of carbonyl (C=O) groups is 1. The molecule has 2 aromatic carbocycles. The highest BCUT2D eigenvalue weighted by molar-refractivity contribution is 6.68. The number of carbonyl (C=O) groups excluding carboxylic acids is 1. The normalized spacial score (nSPS) is 12.9. The maximum atomic E-state index is 12.2. The van der Waals surface area contributed by atoms with Crippen molar-refractivity contribution in [2.24, 2.45) is 0 Å². The number of hydrogen-bond acceptors (Lipinski definition) is 3. The van der Waals surface area contributed by atoms with E-state index in [-0.39, 0.29) is 0 Å². The molecule has 0 radical (unpaired) electrons. The first-order valence-electron chi connectivity index (χ1n) is 8.04. The van der Waals surface area contributed by atoms with Gasteiger partial charge in [0.15, 0.2) is 6.10 Å². The van der Waals surface area contributed by atoms with Crippen LogP contribution >= 0.6 is 34.8 Å². The van der Waals surface area contributed by atoms with E-state index in [0.717, 1.165) is 11.3 Å². The largest absolute Gasteiger partial charge is 0.497 e. The van der Waals surface area contributed by atoms with E-state index in [9.17, 15) is 4.79 Å². The summed E-state index contributed by atoms with van der Waals surface area (Å²) >= 11 is 17.9. The molecule has 2 aromatic rings. The lowest BCUT2D eigenvalue weighted by atomic mass is 10.1. The fourth-order valence-corrected chi connectivity index (χ4v) is 2.68. The van der Waals surface area contributed by atoms with Gasteiger partial charge < -0.3 is 14.8 Å². The van der Waals surface area contributed by atoms with Gasteiger partial charge in [0.25, 0.3) is 0 Å². The average molecular weight is 427 g/mol. The predicted molar refractivity (Wildman–Crippen MR) is 108 cm³/mol. The molecule has 0 aliphatic carbocycles. The molecule has 0 aliphatic heterocycles. The maximum absolute atomic E-state index is 12.2. The van der Waals surface area contributed by atoms with Gasteiger partial charge in [-0.15, -0.1) is 0 Å². The van der Waals surface area contributed by atoms with E-state index in [4.69, 9.17) is 44.3 Å². The second kappa shape index (κ2) is 9.75. The van der Waals surface area contributed by atoms with Crippen LogP contribution < -0.4 is 10.1 Å². The van der Waals surface area contributed by atoms with E-state index >= 15 is 0 Å². The number of ether oxygens (including phenoxy) is 2. The van der Waals surface area contributed by atoms with E-state index in [1.54, 1.807) is 38.3 Å². The third-order valence-electron chi connectivity index (χ3n) is 3.48. The maximum Gasteiger partial charge on any atom is 0.408 e. The molecule has 2 atom stereocenters. The minimum Gasteiger partial charge on any atom is -0.497 e. The molecule has 1 amide bonds. The van der Waals surface area contributed by atoms with Crippen molar-refractivity contribution in [3.05, 3.63) is 65.7 Å². The van der Waals surface area contributed by atoms with E-state index in [2.05, 4.69) is 17.2 Å². The molecule has 0 bridgehead atoms. The van der Waals surface area contributed by atoms with E-state index < -0.39 is 22.0 Å². The number of rotatable bonds is 4. The monoisotopic (exact) mass is 425 g/mol. The summed E-state index contributed by atoms with van der Waals surface area (Å²) < 4.78 is 8.61. The first-order chi connectivity index (χ1) is 12.8. The highest BCUT2D eigenvalue weighted by Crippen LogP contribution is 2.42. The van der Waals surface area contributed by atoms with Crippen molar-refractivity contribution in [3.8, 4) is 17.6 Å². The lowest BCUT2D eigenvalue weighted by Gasteiger charge is -2.25. The highest BCUT2D eigenvalue weighted by atomic mass is 35.6. The van der Waals surface area contributed by atoms with Crippen molar-refractivity contribution in [1.82, 2.24) is 5.32 Å². The third-order valence-corrected chi connectivity index (χ3v) is 4.08. The Bertz CT molecular complexity index is 808. The van der Waals surface area contributed by atoms with Gasteiger partial charge in [-0.3, -0.25) is 0 Å². The lowest BCUT2D eigenvalue weighted by Crippen LogP contribution is -2.35. The first-order valence-corrected chi connectivity index (χ1v) is 9.17. The molecule has 2 rings (SSSR count). The molecule has 0 aliphatic rings. The Kier molecular flexibility index (Phi) is 7.67. The van der Waals surface area contributed by atoms with Crippen LogP contribution in [0.1, 0.15) is 24.2 Å². The van der Waals surface area contributed by atoms with Gasteiger partial charge in [-0.2, -0.15) is 0 Å². The molecule has 0 aromatic heterocycles. The molecular formula is C20H18Cl3NO3. The molecule has 7 heteroatoms. The molecule has 4 nitrogen and oxygen atoms in total. The van der Waals surface area contributed by atoms with Crippen molar-refractivity contribution >= 4 is 40.9 Å². The van der Waals surface area contributed by atoms with Crippen LogP contribution in [0, 0.1) is 11.8 Å². The Morgan fingerprint density at radius 3 is 2.26 bits per heavy atom. The summed E-state index contributed by atoms with van der Waals surface area (Å²) in [6, 6.07) is 15.6. The third kappa shape index (κ3) is 6.88. The van der Waals surface area contributed by atoms with Crippen LogP contribution in [0.25, 0.3) is 0 Å². The lowest BCUT2D eigenvalue weighted by molar-refractivity contribution is 0.0982. The number of methoxy groups -OCH3 is 1. The number of halogens is 3. The zero-order chi connectivity index (χ0) is 19.9. The summed E-state index contributed by atoms with van der Waals surface area (Å²) in [6.07, 6.45) is -1.78. The van der Waals surface area contributed by atoms with Gasteiger partial charge in [0.2, 0.25) is 3.79 Å². The Balaban J connectivity index is 1.99. The van der Waals surface area contributed by atoms with Gasteiger partial charge in [-0.1, -0.05) is 77.0 Å². The minimum atomic E-state index is -1.81. The van der Waals surface area contributed by atoms with Crippen LogP contribution in [0.15, 0.2) is 54.6 Å². The van der Waals surface area contributed by atoms with Gasteiger partial charge in [-0.05, 0) is 36.8 Å². The standard InChI is InChI=1S/C20H18Cl3NO3/c1-14(8-9-15-10-12-17(26-2)13-11-15)24-19(25)27-18(20(21,22)23)16-6-4-3-5-7-16/h3-7,10-14,18H,1-2H3,(H,24,25)/t14-,18-/m1/s1. The Morgan fingerprint density at radius 2 is 1.70 bits per heavy atom. The second-order valence-corrected chi connectivity index (χ2v) is 7.97. The Hall–Kier alpha value is -2.06. The zero-order valence-corrected chi connectivity index (χ0v) is 17.0. The fraction of sp³-hybridized carbons (Fsp3) is 0.250. The van der Waals surface area contributed by atoms with E-state index in [1.807, 2.05) is 30.3 Å². The minimum absolute atomic E-state index is 0.466. The Labute approximate surface area is 173 Å². The van der Waals surface area contributed by atoms with E-state index in [0.29, 0.717) is 5.56 Å². The molecule has 142 valence electrons. The topological polar surface area (TPSA) is 47.6 Å². The van der Waals surface area contributed by atoms with Crippen molar-refractivity contribution in [3.63, 3.8) is 0 Å². The molecule has 1 N–H and O–H groups in total. The summed E-state index contributed by atoms with van der Waals surface area (Å²) in [6.45, 7) is 1.73. The van der Waals surface area contributed by atoms with Crippen LogP contribution in [0.5, 0.6) is 5.75 Å². The van der Waals surface area contributed by atoms with Crippen molar-refractivity contribution in [2.45, 2.75) is 22.9 Å². The van der Waals surface area contributed by atoms with Gasteiger partial charge >= 0.3 is 6.09 Å². The number of nitrogens with one attached hydrogen (secondary N) is 1. The number of benzene rings is 2. The summed E-state index contributed by atoms with van der Waals surface area (Å²) in [5.41, 5.74) is 1.37. The molecule has 0 heterocycles. The SMILES string of the molecule is COc1ccc(C#C[C@@H](C)NC(=O)O[C@H](c2ccccc2)C(Cl)(Cl)Cl)cc1. The van der Waals surface area contributed by atoms with Gasteiger partial charge in [-0.25, -0.2) is 4.79 Å². The van der Waals surface area contributed by atoms with Gasteiger partial charge in [0, 0.05) is 5.56 Å². The Morgan fingerprint density at radius 1 is 1.07 bits per heavy atom. The number of hydrogen-bond donors (Lipinski definition) is 1. The van der Waals surface area contributed by atoms with E-state index in [1.165, 1.54) is 0 Å². The summed E-state index contributed by atoms with van der Waals surface area (Å²) in [5.74, 6) is 6.62. The first kappa shape index (κ1) is 21.2. The number of amides is 1.